The second kappa shape index (κ2) is 6.02. The van der Waals surface area contributed by atoms with Crippen LogP contribution in [0.4, 0.5) is 0 Å². The van der Waals surface area contributed by atoms with Crippen LogP contribution in [0.25, 0.3) is 0 Å². The average molecular weight is 263 g/mol. The zero-order valence-corrected chi connectivity index (χ0v) is 11.5. The van der Waals surface area contributed by atoms with Gasteiger partial charge in [0.2, 0.25) is 0 Å². The number of aromatic nitrogens is 1. The van der Waals surface area contributed by atoms with Crippen LogP contribution in [0.15, 0.2) is 17.1 Å². The molecule has 2 rings (SSSR count). The third kappa shape index (κ3) is 3.44. The summed E-state index contributed by atoms with van der Waals surface area (Å²) in [6.07, 6.45) is 5.53. The molecule has 104 valence electrons. The van der Waals surface area contributed by atoms with Crippen LogP contribution in [0.1, 0.15) is 41.7 Å². The molecule has 1 amide bonds. The molecular weight excluding hydrogens is 242 g/mol. The van der Waals surface area contributed by atoms with Crippen molar-refractivity contribution in [2.75, 3.05) is 7.05 Å². The van der Waals surface area contributed by atoms with Crippen LogP contribution in [0.5, 0.6) is 0 Å². The highest BCUT2D eigenvalue weighted by Crippen LogP contribution is 2.18. The molecule has 0 spiro atoms. The number of aromatic amines is 1. The van der Waals surface area contributed by atoms with Gasteiger partial charge in [0, 0.05) is 30.0 Å². The Labute approximate surface area is 112 Å². The van der Waals surface area contributed by atoms with E-state index < -0.39 is 0 Å². The number of hydrogen-bond donors (Lipinski definition) is 3. The molecule has 0 saturated heterocycles. The quantitative estimate of drug-likeness (QED) is 0.760. The maximum absolute atomic E-state index is 12.0. The zero-order chi connectivity index (χ0) is 13.8. The van der Waals surface area contributed by atoms with Crippen molar-refractivity contribution in [1.29, 1.82) is 0 Å². The van der Waals surface area contributed by atoms with Gasteiger partial charge in [0.15, 0.2) is 5.43 Å². The van der Waals surface area contributed by atoms with Crippen LogP contribution in [-0.4, -0.2) is 30.0 Å². The lowest BCUT2D eigenvalue weighted by Gasteiger charge is -2.28. The number of pyridine rings is 1. The van der Waals surface area contributed by atoms with Gasteiger partial charge < -0.3 is 15.6 Å². The fourth-order valence-corrected chi connectivity index (χ4v) is 2.54. The Morgan fingerprint density at radius 3 is 2.47 bits per heavy atom. The van der Waals surface area contributed by atoms with E-state index in [0.717, 1.165) is 31.4 Å². The number of hydrogen-bond acceptors (Lipinski definition) is 3. The number of aryl methyl sites for hydroxylation is 1. The van der Waals surface area contributed by atoms with E-state index in [9.17, 15) is 9.59 Å². The van der Waals surface area contributed by atoms with Crippen LogP contribution in [0, 0.1) is 6.92 Å². The van der Waals surface area contributed by atoms with E-state index >= 15 is 0 Å². The maximum Gasteiger partial charge on any atom is 0.256 e. The first-order valence-electron chi connectivity index (χ1n) is 6.77. The summed E-state index contributed by atoms with van der Waals surface area (Å²) in [6.45, 7) is 1.79. The van der Waals surface area contributed by atoms with E-state index in [-0.39, 0.29) is 22.9 Å². The molecule has 1 aromatic rings. The van der Waals surface area contributed by atoms with Gasteiger partial charge in [-0.2, -0.15) is 0 Å². The van der Waals surface area contributed by atoms with Gasteiger partial charge in [0.25, 0.3) is 5.91 Å². The molecular formula is C14H21N3O2. The van der Waals surface area contributed by atoms with Gasteiger partial charge in [-0.05, 0) is 39.7 Å². The molecule has 5 heteroatoms. The fourth-order valence-electron chi connectivity index (χ4n) is 2.54. The lowest BCUT2D eigenvalue weighted by atomic mass is 9.91. The Morgan fingerprint density at radius 2 is 1.89 bits per heavy atom. The monoisotopic (exact) mass is 263 g/mol. The van der Waals surface area contributed by atoms with Crippen molar-refractivity contribution in [3.8, 4) is 0 Å². The van der Waals surface area contributed by atoms with Crippen molar-refractivity contribution in [3.63, 3.8) is 0 Å². The first-order valence-corrected chi connectivity index (χ1v) is 6.77. The third-order valence-corrected chi connectivity index (χ3v) is 3.77. The van der Waals surface area contributed by atoms with Crippen LogP contribution in [-0.2, 0) is 0 Å². The van der Waals surface area contributed by atoms with Crippen LogP contribution >= 0.6 is 0 Å². The summed E-state index contributed by atoms with van der Waals surface area (Å²) in [7, 11) is 1.97. The lowest BCUT2D eigenvalue weighted by Crippen LogP contribution is -2.42. The molecule has 19 heavy (non-hydrogen) atoms. The van der Waals surface area contributed by atoms with Crippen LogP contribution in [0.3, 0.4) is 0 Å². The number of carbonyl (C=O) groups is 1. The highest BCUT2D eigenvalue weighted by Gasteiger charge is 2.22. The number of rotatable bonds is 3. The normalized spacial score (nSPS) is 23.1. The Hall–Kier alpha value is -1.62. The fraction of sp³-hybridized carbons (Fsp3) is 0.571. The molecule has 1 aromatic heterocycles. The van der Waals surface area contributed by atoms with Crippen molar-refractivity contribution in [1.82, 2.24) is 15.6 Å². The minimum atomic E-state index is -0.269. The molecule has 1 heterocycles. The summed E-state index contributed by atoms with van der Waals surface area (Å²) in [5.74, 6) is -0.269. The van der Waals surface area contributed by atoms with Gasteiger partial charge in [-0.25, -0.2) is 0 Å². The van der Waals surface area contributed by atoms with E-state index in [1.807, 2.05) is 7.05 Å². The molecule has 0 bridgehead atoms. The van der Waals surface area contributed by atoms with Crippen LogP contribution in [0.2, 0.25) is 0 Å². The molecule has 1 saturated carbocycles. The van der Waals surface area contributed by atoms with E-state index in [2.05, 4.69) is 15.6 Å². The van der Waals surface area contributed by atoms with E-state index in [1.54, 1.807) is 6.92 Å². The Kier molecular flexibility index (Phi) is 4.37. The standard InChI is InChI=1S/C14H21N3O2/c1-9-7-13(18)12(8-16-9)14(19)17-11-5-3-10(15-2)4-6-11/h7-8,10-11,15H,3-6H2,1-2H3,(H,16,18)(H,17,19). The maximum atomic E-state index is 12.0. The highest BCUT2D eigenvalue weighted by molar-refractivity contribution is 5.93. The number of nitrogens with one attached hydrogen (secondary N) is 3. The Morgan fingerprint density at radius 1 is 1.26 bits per heavy atom. The molecule has 1 fully saturated rings. The van der Waals surface area contributed by atoms with Gasteiger partial charge in [-0.15, -0.1) is 0 Å². The largest absolute Gasteiger partial charge is 0.364 e. The van der Waals surface area contributed by atoms with Crippen molar-refractivity contribution in [2.24, 2.45) is 0 Å². The lowest BCUT2D eigenvalue weighted by molar-refractivity contribution is 0.0923. The van der Waals surface area contributed by atoms with E-state index in [0.29, 0.717) is 6.04 Å². The number of carbonyl (C=O) groups excluding carboxylic acids is 1. The molecule has 5 nitrogen and oxygen atoms in total. The Bertz CT molecular complexity index is 502. The summed E-state index contributed by atoms with van der Waals surface area (Å²) < 4.78 is 0. The molecule has 0 unspecified atom stereocenters. The molecule has 0 radical (unpaired) electrons. The minimum absolute atomic E-state index is 0.179. The van der Waals surface area contributed by atoms with E-state index in [4.69, 9.17) is 0 Å². The second-order valence-corrected chi connectivity index (χ2v) is 5.20. The van der Waals surface area contributed by atoms with Crippen molar-refractivity contribution >= 4 is 5.91 Å². The molecule has 1 aliphatic rings. The molecule has 0 aromatic carbocycles. The van der Waals surface area contributed by atoms with Gasteiger partial charge in [-0.1, -0.05) is 0 Å². The first kappa shape index (κ1) is 13.8. The predicted molar refractivity (Wildman–Crippen MR) is 74.4 cm³/mol. The smallest absolute Gasteiger partial charge is 0.256 e. The highest BCUT2D eigenvalue weighted by atomic mass is 16.2. The summed E-state index contributed by atoms with van der Waals surface area (Å²) >= 11 is 0. The average Bonchev–Trinajstić information content (AvgIpc) is 2.39. The van der Waals surface area contributed by atoms with Gasteiger partial charge >= 0.3 is 0 Å². The number of amides is 1. The van der Waals surface area contributed by atoms with Gasteiger partial charge in [-0.3, -0.25) is 9.59 Å². The molecule has 1 aliphatic carbocycles. The SMILES string of the molecule is CNC1CCC(NC(=O)c2c[nH]c(C)cc2=O)CC1. The second-order valence-electron chi connectivity index (χ2n) is 5.20. The molecule has 0 atom stereocenters. The van der Waals surface area contributed by atoms with Crippen molar-refractivity contribution in [3.05, 3.63) is 33.7 Å². The van der Waals surface area contributed by atoms with Gasteiger partial charge in [0.1, 0.15) is 5.56 Å². The summed E-state index contributed by atoms with van der Waals surface area (Å²) in [6, 6.07) is 2.18. The number of H-pyrrole nitrogens is 1. The van der Waals surface area contributed by atoms with Crippen LogP contribution < -0.4 is 16.1 Å². The van der Waals surface area contributed by atoms with E-state index in [1.165, 1.54) is 12.3 Å². The third-order valence-electron chi connectivity index (χ3n) is 3.77. The summed E-state index contributed by atoms with van der Waals surface area (Å²) in [5, 5.41) is 6.21. The minimum Gasteiger partial charge on any atom is -0.364 e. The molecule has 0 aliphatic heterocycles. The van der Waals surface area contributed by atoms with Gasteiger partial charge in [0.05, 0.1) is 0 Å². The summed E-state index contributed by atoms with van der Waals surface area (Å²) in [5.41, 5.74) is 0.732. The topological polar surface area (TPSA) is 74.0 Å². The zero-order valence-electron chi connectivity index (χ0n) is 11.5. The predicted octanol–water partition coefficient (Wildman–Crippen LogP) is 0.944. The van der Waals surface area contributed by atoms with Crippen molar-refractivity contribution < 1.29 is 4.79 Å². The summed E-state index contributed by atoms with van der Waals surface area (Å²) in [4.78, 5) is 26.7. The Balaban J connectivity index is 1.96. The first-order chi connectivity index (χ1) is 9.10. The van der Waals surface area contributed by atoms with Crippen molar-refractivity contribution in [2.45, 2.75) is 44.7 Å². The molecule has 3 N–H and O–H groups in total.